The Bertz CT molecular complexity index is 462. The van der Waals surface area contributed by atoms with Crippen molar-refractivity contribution < 1.29 is 0 Å². The third kappa shape index (κ3) is 2.73. The van der Waals surface area contributed by atoms with Gasteiger partial charge in [0.05, 0.1) is 3.79 Å². The molecule has 0 fully saturated rings. The predicted molar refractivity (Wildman–Crippen MR) is 73.7 cm³/mol. The summed E-state index contributed by atoms with van der Waals surface area (Å²) in [5.41, 5.74) is 7.25. The van der Waals surface area contributed by atoms with Crippen molar-refractivity contribution in [2.24, 2.45) is 5.73 Å². The molecule has 16 heavy (non-hydrogen) atoms. The Labute approximate surface area is 108 Å². The number of nitrogens with two attached hydrogens (primary N) is 1. The van der Waals surface area contributed by atoms with Gasteiger partial charge in [0.1, 0.15) is 0 Å². The molecular weight excluding hydrogens is 282 g/mol. The largest absolute Gasteiger partial charge is 0.321 e. The second-order valence-electron chi connectivity index (χ2n) is 4.17. The molecule has 2 N–H and O–H groups in total. The zero-order valence-corrected chi connectivity index (χ0v) is 11.5. The molecule has 0 aliphatic carbocycles. The highest BCUT2D eigenvalue weighted by Gasteiger charge is 2.21. The average molecular weight is 296 g/mol. The average Bonchev–Trinajstić information content (AvgIpc) is 2.64. The quantitative estimate of drug-likeness (QED) is 0.912. The van der Waals surface area contributed by atoms with Crippen LogP contribution in [0.1, 0.15) is 17.4 Å². The van der Waals surface area contributed by atoms with Crippen molar-refractivity contribution in [3.63, 3.8) is 0 Å². The van der Waals surface area contributed by atoms with E-state index in [9.17, 15) is 0 Å². The van der Waals surface area contributed by atoms with Crippen molar-refractivity contribution in [2.75, 3.05) is 0 Å². The van der Waals surface area contributed by atoms with Crippen LogP contribution in [-0.4, -0.2) is 0 Å². The molecular formula is C13H14BrNS. The molecule has 1 atom stereocenters. The molecule has 0 aliphatic heterocycles. The van der Waals surface area contributed by atoms with E-state index in [1.807, 2.05) is 18.2 Å². The Morgan fingerprint density at radius 3 is 2.44 bits per heavy atom. The summed E-state index contributed by atoms with van der Waals surface area (Å²) in [6, 6.07) is 14.5. The molecule has 2 rings (SSSR count). The summed E-state index contributed by atoms with van der Waals surface area (Å²) in [7, 11) is 0. The lowest BCUT2D eigenvalue weighted by atomic mass is 9.89. The first-order valence-electron chi connectivity index (χ1n) is 5.16. The van der Waals surface area contributed by atoms with Crippen LogP contribution in [0.3, 0.4) is 0 Å². The van der Waals surface area contributed by atoms with Gasteiger partial charge in [-0.05, 0) is 40.5 Å². The molecule has 0 amide bonds. The molecule has 0 bridgehead atoms. The molecule has 1 unspecified atom stereocenters. The molecule has 2 aromatic rings. The zero-order valence-electron chi connectivity index (χ0n) is 9.11. The number of rotatable bonds is 3. The Morgan fingerprint density at radius 2 is 1.88 bits per heavy atom. The summed E-state index contributed by atoms with van der Waals surface area (Å²) in [6.07, 6.45) is 0.868. The van der Waals surface area contributed by atoms with Crippen LogP contribution in [0.2, 0.25) is 0 Å². The van der Waals surface area contributed by atoms with Gasteiger partial charge in [0, 0.05) is 16.8 Å². The van der Waals surface area contributed by atoms with Crippen molar-refractivity contribution >= 4 is 27.3 Å². The van der Waals surface area contributed by atoms with Gasteiger partial charge in [0.25, 0.3) is 0 Å². The monoisotopic (exact) mass is 295 g/mol. The van der Waals surface area contributed by atoms with Crippen molar-refractivity contribution in [2.45, 2.75) is 18.9 Å². The summed E-state index contributed by atoms with van der Waals surface area (Å²) >= 11 is 5.22. The minimum absolute atomic E-state index is 0.300. The Morgan fingerprint density at radius 1 is 1.19 bits per heavy atom. The van der Waals surface area contributed by atoms with Gasteiger partial charge in [-0.25, -0.2) is 0 Å². The maximum Gasteiger partial charge on any atom is 0.0701 e. The van der Waals surface area contributed by atoms with Gasteiger partial charge in [-0.2, -0.15) is 0 Å². The maximum absolute atomic E-state index is 6.37. The van der Waals surface area contributed by atoms with E-state index in [0.29, 0.717) is 0 Å². The van der Waals surface area contributed by atoms with Gasteiger partial charge in [-0.15, -0.1) is 11.3 Å². The van der Waals surface area contributed by atoms with Crippen LogP contribution >= 0.6 is 27.3 Å². The van der Waals surface area contributed by atoms with Gasteiger partial charge in [0.15, 0.2) is 0 Å². The number of benzene rings is 1. The fourth-order valence-electron chi connectivity index (χ4n) is 1.73. The Balaban J connectivity index is 2.20. The summed E-state index contributed by atoms with van der Waals surface area (Å²) in [5, 5.41) is 0. The second-order valence-corrected chi connectivity index (χ2v) is 6.71. The summed E-state index contributed by atoms with van der Waals surface area (Å²) in [6.45, 7) is 2.08. The van der Waals surface area contributed by atoms with Crippen molar-refractivity contribution in [3.8, 4) is 0 Å². The van der Waals surface area contributed by atoms with E-state index >= 15 is 0 Å². The number of hydrogen-bond donors (Lipinski definition) is 1. The van der Waals surface area contributed by atoms with E-state index in [0.717, 1.165) is 10.2 Å². The van der Waals surface area contributed by atoms with Crippen molar-refractivity contribution in [3.05, 3.63) is 56.7 Å². The third-order valence-electron chi connectivity index (χ3n) is 2.60. The first-order valence-corrected chi connectivity index (χ1v) is 6.77. The standard InChI is InChI=1S/C13H14BrNS/c1-13(15,10-5-3-2-4-6-10)9-11-7-8-12(14)16-11/h2-8H,9,15H2,1H3. The van der Waals surface area contributed by atoms with Crippen LogP contribution in [0.25, 0.3) is 0 Å². The summed E-state index contributed by atoms with van der Waals surface area (Å²) < 4.78 is 1.16. The predicted octanol–water partition coefficient (Wildman–Crippen LogP) is 3.93. The van der Waals surface area contributed by atoms with Crippen LogP contribution in [0.15, 0.2) is 46.3 Å². The highest BCUT2D eigenvalue weighted by molar-refractivity contribution is 9.11. The lowest BCUT2D eigenvalue weighted by Crippen LogP contribution is -2.35. The van der Waals surface area contributed by atoms with Gasteiger partial charge < -0.3 is 5.73 Å². The molecule has 0 aliphatic rings. The summed E-state index contributed by atoms with van der Waals surface area (Å²) in [4.78, 5) is 1.31. The van der Waals surface area contributed by atoms with E-state index in [4.69, 9.17) is 5.73 Å². The van der Waals surface area contributed by atoms with E-state index in [1.165, 1.54) is 10.4 Å². The highest BCUT2D eigenvalue weighted by Crippen LogP contribution is 2.28. The zero-order chi connectivity index (χ0) is 11.6. The molecule has 0 radical (unpaired) electrons. The molecule has 0 saturated heterocycles. The number of thiophene rings is 1. The van der Waals surface area contributed by atoms with Crippen LogP contribution in [0.4, 0.5) is 0 Å². The SMILES string of the molecule is CC(N)(Cc1ccc(Br)s1)c1ccccc1. The third-order valence-corrected chi connectivity index (χ3v) is 4.23. The number of halogens is 1. The van der Waals surface area contributed by atoms with Crippen molar-refractivity contribution in [1.82, 2.24) is 0 Å². The molecule has 3 heteroatoms. The number of hydrogen-bond acceptors (Lipinski definition) is 2. The molecule has 1 aromatic carbocycles. The second kappa shape index (κ2) is 4.70. The van der Waals surface area contributed by atoms with Crippen LogP contribution < -0.4 is 5.73 Å². The lowest BCUT2D eigenvalue weighted by molar-refractivity contribution is 0.495. The molecule has 84 valence electrons. The van der Waals surface area contributed by atoms with Gasteiger partial charge in [-0.1, -0.05) is 30.3 Å². The fraction of sp³-hybridized carbons (Fsp3) is 0.231. The van der Waals surface area contributed by atoms with Crippen molar-refractivity contribution in [1.29, 1.82) is 0 Å². The van der Waals surface area contributed by atoms with Gasteiger partial charge in [0.2, 0.25) is 0 Å². The van der Waals surface area contributed by atoms with Crippen LogP contribution in [-0.2, 0) is 12.0 Å². The minimum atomic E-state index is -0.300. The van der Waals surface area contributed by atoms with Crippen LogP contribution in [0.5, 0.6) is 0 Å². The van der Waals surface area contributed by atoms with E-state index in [-0.39, 0.29) is 5.54 Å². The lowest BCUT2D eigenvalue weighted by Gasteiger charge is -2.24. The topological polar surface area (TPSA) is 26.0 Å². The summed E-state index contributed by atoms with van der Waals surface area (Å²) in [5.74, 6) is 0. The first-order chi connectivity index (χ1) is 7.58. The smallest absolute Gasteiger partial charge is 0.0701 e. The van der Waals surface area contributed by atoms with E-state index < -0.39 is 0 Å². The van der Waals surface area contributed by atoms with E-state index in [1.54, 1.807) is 11.3 Å². The normalized spacial score (nSPS) is 14.7. The molecule has 1 heterocycles. The first kappa shape index (κ1) is 11.8. The maximum atomic E-state index is 6.37. The Kier molecular flexibility index (Phi) is 3.47. The van der Waals surface area contributed by atoms with Crippen LogP contribution in [0, 0.1) is 0 Å². The minimum Gasteiger partial charge on any atom is -0.321 e. The Hall–Kier alpha value is -0.640. The van der Waals surface area contributed by atoms with Gasteiger partial charge in [-0.3, -0.25) is 0 Å². The molecule has 1 aromatic heterocycles. The molecule has 1 nitrogen and oxygen atoms in total. The fourth-order valence-corrected chi connectivity index (χ4v) is 3.38. The molecule has 0 saturated carbocycles. The highest BCUT2D eigenvalue weighted by atomic mass is 79.9. The molecule has 0 spiro atoms. The van der Waals surface area contributed by atoms with E-state index in [2.05, 4.69) is 47.1 Å². The van der Waals surface area contributed by atoms with Gasteiger partial charge >= 0.3 is 0 Å².